The van der Waals surface area contributed by atoms with E-state index >= 15 is 0 Å². The van der Waals surface area contributed by atoms with Gasteiger partial charge >= 0.3 is 0 Å². The van der Waals surface area contributed by atoms with E-state index in [-0.39, 0.29) is 25.0 Å². The van der Waals surface area contributed by atoms with Crippen LogP contribution in [0.5, 0.6) is 11.5 Å². The predicted octanol–water partition coefficient (Wildman–Crippen LogP) is 3.86. The number of hydrogen-bond acceptors (Lipinski definition) is 7. The third-order valence-electron chi connectivity index (χ3n) is 5.39. The number of nitrogens with zero attached hydrogens (tertiary/aromatic N) is 2. The summed E-state index contributed by atoms with van der Waals surface area (Å²) in [5.41, 5.74) is 2.47. The van der Waals surface area contributed by atoms with Gasteiger partial charge in [-0.2, -0.15) is 0 Å². The first-order chi connectivity index (χ1) is 16.3. The molecular weight excluding hydrogens is 480 g/mol. The molecule has 2 aliphatic heterocycles. The maximum atomic E-state index is 12.8. The van der Waals surface area contributed by atoms with E-state index in [2.05, 4.69) is 15.6 Å². The lowest BCUT2D eigenvalue weighted by atomic mass is 10.1. The van der Waals surface area contributed by atoms with Crippen LogP contribution in [0.25, 0.3) is 11.3 Å². The van der Waals surface area contributed by atoms with E-state index in [1.54, 1.807) is 37.3 Å². The Labute approximate surface area is 203 Å². The zero-order valence-electron chi connectivity index (χ0n) is 18.2. The molecule has 174 valence electrons. The Bertz CT molecular complexity index is 1340. The molecule has 0 spiro atoms. The van der Waals surface area contributed by atoms with Gasteiger partial charge in [0, 0.05) is 15.5 Å². The summed E-state index contributed by atoms with van der Waals surface area (Å²) in [4.78, 5) is 43.9. The van der Waals surface area contributed by atoms with Crippen LogP contribution in [-0.2, 0) is 14.4 Å². The van der Waals surface area contributed by atoms with Crippen molar-refractivity contribution in [2.75, 3.05) is 28.7 Å². The van der Waals surface area contributed by atoms with E-state index in [0.717, 1.165) is 10.4 Å². The van der Waals surface area contributed by atoms with Crippen molar-refractivity contribution in [1.82, 2.24) is 4.98 Å². The van der Waals surface area contributed by atoms with Crippen molar-refractivity contribution < 1.29 is 23.9 Å². The number of aryl methyl sites for hydroxylation is 1. The summed E-state index contributed by atoms with van der Waals surface area (Å²) < 4.78 is 11.0. The molecular formula is C23H19ClN4O5S. The average Bonchev–Trinajstić information content (AvgIpc) is 3.16. The number of anilines is 3. The van der Waals surface area contributed by atoms with Crippen molar-refractivity contribution in [3.8, 4) is 22.8 Å². The number of thiazole rings is 1. The summed E-state index contributed by atoms with van der Waals surface area (Å²) in [6.45, 7) is 3.22. The largest absolute Gasteiger partial charge is 0.482 e. The van der Waals surface area contributed by atoms with E-state index in [9.17, 15) is 14.4 Å². The van der Waals surface area contributed by atoms with Crippen LogP contribution in [0.15, 0.2) is 36.4 Å². The number of halogens is 1. The molecule has 0 radical (unpaired) electrons. The SMILES string of the molecule is Cc1sc(NC(=O)CN2C(=O)COc3ccc(Cl)cc32)nc1-c1ccc2c(c1)NC(=O)C(C)O2. The summed E-state index contributed by atoms with van der Waals surface area (Å²) in [6.07, 6.45) is -0.553. The van der Waals surface area contributed by atoms with E-state index in [1.807, 2.05) is 13.0 Å². The van der Waals surface area contributed by atoms with E-state index in [1.165, 1.54) is 16.2 Å². The maximum absolute atomic E-state index is 12.8. The smallest absolute Gasteiger partial charge is 0.265 e. The molecule has 34 heavy (non-hydrogen) atoms. The van der Waals surface area contributed by atoms with Gasteiger partial charge in [0.2, 0.25) is 5.91 Å². The molecule has 11 heteroatoms. The second kappa shape index (κ2) is 8.62. The molecule has 0 saturated heterocycles. The minimum absolute atomic E-state index is 0.153. The highest BCUT2D eigenvalue weighted by atomic mass is 35.5. The van der Waals surface area contributed by atoms with E-state index in [4.69, 9.17) is 21.1 Å². The lowest BCUT2D eigenvalue weighted by Crippen LogP contribution is -2.43. The number of ether oxygens (including phenoxy) is 2. The van der Waals surface area contributed by atoms with Gasteiger partial charge in [0.05, 0.1) is 17.1 Å². The minimum atomic E-state index is -0.553. The third kappa shape index (κ3) is 4.17. The monoisotopic (exact) mass is 498 g/mol. The molecule has 3 heterocycles. The molecule has 2 aliphatic rings. The first-order valence-electron chi connectivity index (χ1n) is 10.4. The standard InChI is InChI=1S/C23H19ClN4O5S/c1-11-22(31)25-15-7-13(3-5-17(15)33-11)21-12(2)34-23(27-21)26-19(29)9-28-16-8-14(24)4-6-18(16)32-10-20(28)30/h3-8,11H,9-10H2,1-2H3,(H,25,31)(H,26,27,29). The number of rotatable bonds is 4. The summed E-state index contributed by atoms with van der Waals surface area (Å²) in [7, 11) is 0. The molecule has 0 aliphatic carbocycles. The number of benzene rings is 2. The third-order valence-corrected chi connectivity index (χ3v) is 6.51. The Hall–Kier alpha value is -3.63. The fraction of sp³-hybridized carbons (Fsp3) is 0.217. The summed E-state index contributed by atoms with van der Waals surface area (Å²) >= 11 is 7.38. The number of nitrogens with one attached hydrogen (secondary N) is 2. The Morgan fingerprint density at radius 2 is 2.06 bits per heavy atom. The second-order valence-corrected chi connectivity index (χ2v) is 9.45. The number of amides is 3. The van der Waals surface area contributed by atoms with Gasteiger partial charge in [-0.1, -0.05) is 11.6 Å². The zero-order valence-corrected chi connectivity index (χ0v) is 19.7. The number of carbonyl (C=O) groups excluding carboxylic acids is 3. The van der Waals surface area contributed by atoms with Gasteiger partial charge in [-0.05, 0) is 50.2 Å². The van der Waals surface area contributed by atoms with E-state index < -0.39 is 12.0 Å². The normalized spacial score (nSPS) is 16.7. The summed E-state index contributed by atoms with van der Waals surface area (Å²) in [6, 6.07) is 10.3. The van der Waals surface area contributed by atoms with Crippen LogP contribution in [0.3, 0.4) is 0 Å². The van der Waals surface area contributed by atoms with Crippen molar-refractivity contribution in [2.24, 2.45) is 0 Å². The van der Waals surface area contributed by atoms with Gasteiger partial charge in [0.25, 0.3) is 11.8 Å². The highest BCUT2D eigenvalue weighted by Crippen LogP contribution is 2.37. The predicted molar refractivity (Wildman–Crippen MR) is 129 cm³/mol. The van der Waals surface area contributed by atoms with Crippen LogP contribution in [-0.4, -0.2) is 42.0 Å². The molecule has 0 fully saturated rings. The molecule has 2 N–H and O–H groups in total. The van der Waals surface area contributed by atoms with Gasteiger partial charge in [0.15, 0.2) is 17.8 Å². The van der Waals surface area contributed by atoms with Crippen molar-refractivity contribution in [3.63, 3.8) is 0 Å². The van der Waals surface area contributed by atoms with Crippen LogP contribution in [0.2, 0.25) is 5.02 Å². The molecule has 9 nitrogen and oxygen atoms in total. The molecule has 1 atom stereocenters. The molecule has 5 rings (SSSR count). The molecule has 3 aromatic rings. The second-order valence-electron chi connectivity index (χ2n) is 7.81. The quantitative estimate of drug-likeness (QED) is 0.565. The van der Waals surface area contributed by atoms with Crippen molar-refractivity contribution >= 4 is 57.2 Å². The fourth-order valence-electron chi connectivity index (χ4n) is 3.72. The molecule has 3 amide bonds. The molecule has 1 aromatic heterocycles. The lowest BCUT2D eigenvalue weighted by Gasteiger charge is -2.28. The molecule has 1 unspecified atom stereocenters. The zero-order chi connectivity index (χ0) is 24.0. The molecule has 2 aromatic carbocycles. The number of carbonyl (C=O) groups is 3. The Balaban J connectivity index is 1.33. The number of hydrogen-bond donors (Lipinski definition) is 2. The Morgan fingerprint density at radius 3 is 2.88 bits per heavy atom. The van der Waals surface area contributed by atoms with Crippen LogP contribution >= 0.6 is 22.9 Å². The maximum Gasteiger partial charge on any atom is 0.265 e. The van der Waals surface area contributed by atoms with Gasteiger partial charge in [-0.15, -0.1) is 11.3 Å². The highest BCUT2D eigenvalue weighted by molar-refractivity contribution is 7.16. The van der Waals surface area contributed by atoms with Crippen molar-refractivity contribution in [3.05, 3.63) is 46.3 Å². The van der Waals surface area contributed by atoms with Gasteiger partial charge < -0.3 is 20.1 Å². The van der Waals surface area contributed by atoms with Crippen LogP contribution in [0, 0.1) is 6.92 Å². The van der Waals surface area contributed by atoms with Crippen molar-refractivity contribution in [2.45, 2.75) is 20.0 Å². The Kier molecular flexibility index (Phi) is 5.62. The minimum Gasteiger partial charge on any atom is -0.482 e. The number of fused-ring (bicyclic) bond motifs is 2. The first-order valence-corrected chi connectivity index (χ1v) is 11.6. The van der Waals surface area contributed by atoms with E-state index in [0.29, 0.717) is 38.7 Å². The Morgan fingerprint density at radius 1 is 1.26 bits per heavy atom. The van der Waals surface area contributed by atoms with Gasteiger partial charge in [-0.25, -0.2) is 4.98 Å². The molecule has 0 saturated carbocycles. The summed E-state index contributed by atoms with van der Waals surface area (Å²) in [5, 5.41) is 6.43. The topological polar surface area (TPSA) is 110 Å². The average molecular weight is 499 g/mol. The van der Waals surface area contributed by atoms with Crippen LogP contribution < -0.4 is 25.0 Å². The fourth-order valence-corrected chi connectivity index (χ4v) is 4.74. The highest BCUT2D eigenvalue weighted by Gasteiger charge is 2.28. The summed E-state index contributed by atoms with van der Waals surface area (Å²) in [5.74, 6) is 0.123. The van der Waals surface area contributed by atoms with Gasteiger partial charge in [0.1, 0.15) is 18.0 Å². The number of aromatic nitrogens is 1. The van der Waals surface area contributed by atoms with Gasteiger partial charge in [-0.3, -0.25) is 19.3 Å². The first kappa shape index (κ1) is 22.2. The van der Waals surface area contributed by atoms with Crippen molar-refractivity contribution in [1.29, 1.82) is 0 Å². The van der Waals surface area contributed by atoms with Crippen LogP contribution in [0.1, 0.15) is 11.8 Å². The lowest BCUT2D eigenvalue weighted by molar-refractivity contribution is -0.123. The molecule has 0 bridgehead atoms. The van der Waals surface area contributed by atoms with Crippen LogP contribution in [0.4, 0.5) is 16.5 Å².